The Kier molecular flexibility index (Phi) is 4.80. The molecule has 0 spiro atoms. The first-order valence-corrected chi connectivity index (χ1v) is 8.00. The highest BCUT2D eigenvalue weighted by Crippen LogP contribution is 2.15. The van der Waals surface area contributed by atoms with Gasteiger partial charge in [-0.05, 0) is 43.9 Å². The molecule has 0 aromatic carbocycles. The molecule has 0 atom stereocenters. The zero-order chi connectivity index (χ0) is 16.1. The van der Waals surface area contributed by atoms with Gasteiger partial charge in [0.15, 0.2) is 0 Å². The summed E-state index contributed by atoms with van der Waals surface area (Å²) in [4.78, 5) is 27.1. The van der Waals surface area contributed by atoms with E-state index in [1.807, 2.05) is 24.0 Å². The molecule has 0 aliphatic carbocycles. The number of likely N-dealkylation sites (tertiary alicyclic amines) is 1. The van der Waals surface area contributed by atoms with E-state index in [-0.39, 0.29) is 5.91 Å². The Morgan fingerprint density at radius 1 is 1.17 bits per heavy atom. The van der Waals surface area contributed by atoms with E-state index in [1.54, 1.807) is 18.5 Å². The van der Waals surface area contributed by atoms with E-state index in [0.717, 1.165) is 31.5 Å². The average molecular weight is 311 g/mol. The van der Waals surface area contributed by atoms with Crippen LogP contribution in [-0.2, 0) is 6.54 Å². The molecule has 1 aliphatic heterocycles. The van der Waals surface area contributed by atoms with Crippen molar-refractivity contribution in [2.24, 2.45) is 0 Å². The van der Waals surface area contributed by atoms with E-state index >= 15 is 0 Å². The number of rotatable bonds is 4. The lowest BCUT2D eigenvalue weighted by Gasteiger charge is -2.26. The van der Waals surface area contributed by atoms with Gasteiger partial charge >= 0.3 is 0 Å². The summed E-state index contributed by atoms with van der Waals surface area (Å²) in [6, 6.07) is 5.63. The molecule has 0 unspecified atom stereocenters. The quantitative estimate of drug-likeness (QED) is 0.939. The third-order valence-corrected chi connectivity index (χ3v) is 3.92. The maximum atomic E-state index is 12.6. The molecule has 2 aromatic heterocycles. The van der Waals surface area contributed by atoms with Gasteiger partial charge < -0.3 is 10.2 Å². The van der Waals surface area contributed by atoms with Crippen molar-refractivity contribution in [2.75, 3.05) is 18.4 Å². The first-order chi connectivity index (χ1) is 11.2. The van der Waals surface area contributed by atoms with Crippen LogP contribution in [0, 0.1) is 6.92 Å². The largest absolute Gasteiger partial charge is 0.366 e. The Hall–Kier alpha value is -2.50. The van der Waals surface area contributed by atoms with E-state index < -0.39 is 0 Å². The van der Waals surface area contributed by atoms with Crippen LogP contribution in [0.1, 0.15) is 41.1 Å². The Morgan fingerprint density at radius 3 is 2.65 bits per heavy atom. The number of carbonyl (C=O) groups is 1. The smallest absolute Gasteiger partial charge is 0.272 e. The normalized spacial score (nSPS) is 14.6. The fraction of sp³-hybridized carbons (Fsp3) is 0.412. The SMILES string of the molecule is Cc1nc(NCc2ccncc2)cc(C(=O)N2CCCCC2)n1. The van der Waals surface area contributed by atoms with Crippen molar-refractivity contribution < 1.29 is 4.79 Å². The first-order valence-electron chi connectivity index (χ1n) is 8.00. The lowest BCUT2D eigenvalue weighted by atomic mass is 10.1. The Bertz CT molecular complexity index is 668. The molecule has 6 heteroatoms. The van der Waals surface area contributed by atoms with Crippen molar-refractivity contribution in [3.05, 3.63) is 47.7 Å². The number of anilines is 1. The van der Waals surface area contributed by atoms with Crippen molar-refractivity contribution in [2.45, 2.75) is 32.7 Å². The number of aryl methyl sites for hydroxylation is 1. The monoisotopic (exact) mass is 311 g/mol. The number of nitrogens with one attached hydrogen (secondary N) is 1. The number of hydrogen-bond acceptors (Lipinski definition) is 5. The minimum absolute atomic E-state index is 0.00200. The summed E-state index contributed by atoms with van der Waals surface area (Å²) in [6.45, 7) is 4.09. The first kappa shape index (κ1) is 15.4. The number of piperidine rings is 1. The highest BCUT2D eigenvalue weighted by molar-refractivity contribution is 5.93. The van der Waals surface area contributed by atoms with Crippen LogP contribution >= 0.6 is 0 Å². The molecule has 3 rings (SSSR count). The van der Waals surface area contributed by atoms with Crippen LogP contribution in [0.2, 0.25) is 0 Å². The lowest BCUT2D eigenvalue weighted by molar-refractivity contribution is 0.0718. The predicted molar refractivity (Wildman–Crippen MR) is 88.1 cm³/mol. The topological polar surface area (TPSA) is 71.0 Å². The molecule has 2 aromatic rings. The van der Waals surface area contributed by atoms with Crippen molar-refractivity contribution in [1.29, 1.82) is 0 Å². The number of amides is 1. The summed E-state index contributed by atoms with van der Waals surface area (Å²) in [5.41, 5.74) is 1.58. The van der Waals surface area contributed by atoms with Crippen LogP contribution in [0.4, 0.5) is 5.82 Å². The summed E-state index contributed by atoms with van der Waals surface area (Å²) in [5.74, 6) is 1.28. The molecular weight excluding hydrogens is 290 g/mol. The predicted octanol–water partition coefficient (Wildman–Crippen LogP) is 2.42. The summed E-state index contributed by atoms with van der Waals surface area (Å²) in [6.07, 6.45) is 6.86. The maximum absolute atomic E-state index is 12.6. The molecule has 120 valence electrons. The second kappa shape index (κ2) is 7.17. The molecule has 0 saturated carbocycles. The van der Waals surface area contributed by atoms with E-state index in [4.69, 9.17) is 0 Å². The van der Waals surface area contributed by atoms with Gasteiger partial charge in [0.1, 0.15) is 17.3 Å². The van der Waals surface area contributed by atoms with Gasteiger partial charge in [-0.25, -0.2) is 9.97 Å². The highest BCUT2D eigenvalue weighted by Gasteiger charge is 2.20. The van der Waals surface area contributed by atoms with E-state index in [2.05, 4.69) is 20.3 Å². The molecule has 1 amide bonds. The maximum Gasteiger partial charge on any atom is 0.272 e. The standard InChI is InChI=1S/C17H21N5O/c1-13-20-15(17(23)22-9-3-2-4-10-22)11-16(21-13)19-12-14-5-7-18-8-6-14/h5-8,11H,2-4,9-10,12H2,1H3,(H,19,20,21). The van der Waals surface area contributed by atoms with E-state index in [0.29, 0.717) is 23.9 Å². The zero-order valence-electron chi connectivity index (χ0n) is 13.3. The van der Waals surface area contributed by atoms with E-state index in [9.17, 15) is 4.79 Å². The van der Waals surface area contributed by atoms with Gasteiger partial charge in [0, 0.05) is 38.1 Å². The van der Waals surface area contributed by atoms with Crippen LogP contribution in [0.5, 0.6) is 0 Å². The fourth-order valence-electron chi connectivity index (χ4n) is 2.72. The van der Waals surface area contributed by atoms with Crippen LogP contribution in [0.25, 0.3) is 0 Å². The van der Waals surface area contributed by atoms with Crippen LogP contribution in [-0.4, -0.2) is 38.8 Å². The van der Waals surface area contributed by atoms with Crippen LogP contribution in [0.15, 0.2) is 30.6 Å². The van der Waals surface area contributed by atoms with Crippen molar-refractivity contribution >= 4 is 11.7 Å². The van der Waals surface area contributed by atoms with Gasteiger partial charge in [0.05, 0.1) is 0 Å². The zero-order valence-corrected chi connectivity index (χ0v) is 13.3. The number of aromatic nitrogens is 3. The number of carbonyl (C=O) groups excluding carboxylic acids is 1. The second-order valence-electron chi connectivity index (χ2n) is 5.75. The van der Waals surface area contributed by atoms with Gasteiger partial charge in [-0.3, -0.25) is 9.78 Å². The Morgan fingerprint density at radius 2 is 1.91 bits per heavy atom. The molecule has 23 heavy (non-hydrogen) atoms. The van der Waals surface area contributed by atoms with Crippen molar-refractivity contribution in [3.8, 4) is 0 Å². The molecule has 0 bridgehead atoms. The van der Waals surface area contributed by atoms with Crippen molar-refractivity contribution in [1.82, 2.24) is 19.9 Å². The number of nitrogens with zero attached hydrogens (tertiary/aromatic N) is 4. The second-order valence-corrected chi connectivity index (χ2v) is 5.75. The summed E-state index contributed by atoms with van der Waals surface area (Å²) in [7, 11) is 0. The Balaban J connectivity index is 1.72. The summed E-state index contributed by atoms with van der Waals surface area (Å²) in [5, 5.41) is 3.25. The Labute approximate surface area is 136 Å². The third kappa shape index (κ3) is 4.03. The molecule has 3 heterocycles. The number of hydrogen-bond donors (Lipinski definition) is 1. The van der Waals surface area contributed by atoms with E-state index in [1.165, 1.54) is 6.42 Å². The van der Waals surface area contributed by atoms with Gasteiger partial charge in [0.2, 0.25) is 0 Å². The van der Waals surface area contributed by atoms with Crippen LogP contribution < -0.4 is 5.32 Å². The molecular formula is C17H21N5O. The molecule has 1 N–H and O–H groups in total. The molecule has 0 radical (unpaired) electrons. The van der Waals surface area contributed by atoms with Gasteiger partial charge in [-0.1, -0.05) is 0 Å². The minimum Gasteiger partial charge on any atom is -0.366 e. The lowest BCUT2D eigenvalue weighted by Crippen LogP contribution is -2.36. The van der Waals surface area contributed by atoms with Gasteiger partial charge in [-0.15, -0.1) is 0 Å². The molecule has 1 aliphatic rings. The molecule has 1 fully saturated rings. The van der Waals surface area contributed by atoms with Gasteiger partial charge in [-0.2, -0.15) is 0 Å². The number of pyridine rings is 1. The molecule has 6 nitrogen and oxygen atoms in total. The fourth-order valence-corrected chi connectivity index (χ4v) is 2.72. The van der Waals surface area contributed by atoms with Crippen molar-refractivity contribution in [3.63, 3.8) is 0 Å². The summed E-state index contributed by atoms with van der Waals surface area (Å²) >= 11 is 0. The highest BCUT2D eigenvalue weighted by atomic mass is 16.2. The van der Waals surface area contributed by atoms with Gasteiger partial charge in [0.25, 0.3) is 5.91 Å². The van der Waals surface area contributed by atoms with Crippen LogP contribution in [0.3, 0.4) is 0 Å². The summed E-state index contributed by atoms with van der Waals surface area (Å²) < 4.78 is 0. The average Bonchev–Trinajstić information content (AvgIpc) is 2.60. The molecule has 1 saturated heterocycles. The third-order valence-electron chi connectivity index (χ3n) is 3.92. The minimum atomic E-state index is 0.00200.